The molecule has 1 aromatic carbocycles. The van der Waals surface area contributed by atoms with Crippen LogP contribution in [0, 0.1) is 5.92 Å². The molecule has 1 heterocycles. The molecule has 0 aromatic heterocycles. The number of aryl methyl sites for hydroxylation is 1. The number of sulfonamides is 1. The molecule has 5 nitrogen and oxygen atoms in total. The van der Waals surface area contributed by atoms with Crippen LogP contribution in [0.2, 0.25) is 0 Å². The van der Waals surface area contributed by atoms with Gasteiger partial charge >= 0.3 is 0 Å². The zero-order valence-corrected chi connectivity index (χ0v) is 13.7. The zero-order valence-electron chi connectivity index (χ0n) is 12.9. The second-order valence-electron chi connectivity index (χ2n) is 5.62. The molecule has 1 saturated heterocycles. The van der Waals surface area contributed by atoms with Crippen LogP contribution < -0.4 is 5.73 Å². The molecular formula is C15H24N2O3S. The highest BCUT2D eigenvalue weighted by Gasteiger charge is 2.34. The van der Waals surface area contributed by atoms with E-state index in [4.69, 9.17) is 10.5 Å². The van der Waals surface area contributed by atoms with Crippen LogP contribution in [0.4, 0.5) is 5.69 Å². The van der Waals surface area contributed by atoms with Crippen LogP contribution in [0.5, 0.6) is 0 Å². The summed E-state index contributed by atoms with van der Waals surface area (Å²) in [5.41, 5.74) is 7.05. The summed E-state index contributed by atoms with van der Waals surface area (Å²) in [6.07, 6.45) is 1.41. The topological polar surface area (TPSA) is 72.6 Å². The maximum Gasteiger partial charge on any atom is 0.243 e. The van der Waals surface area contributed by atoms with Gasteiger partial charge in [0.2, 0.25) is 10.0 Å². The molecule has 0 spiro atoms. The SMILES string of the molecule is CCc1ccc(N)cc1S(=O)(=O)N1CCC(C)C(OC)C1. The number of anilines is 1. The molecule has 0 saturated carbocycles. The molecule has 21 heavy (non-hydrogen) atoms. The third kappa shape index (κ3) is 3.22. The molecule has 6 heteroatoms. The average molecular weight is 312 g/mol. The molecule has 0 amide bonds. The third-order valence-electron chi connectivity index (χ3n) is 4.24. The fraction of sp³-hybridized carbons (Fsp3) is 0.600. The minimum absolute atomic E-state index is 0.0559. The molecule has 1 aromatic rings. The van der Waals surface area contributed by atoms with Gasteiger partial charge in [0, 0.05) is 25.9 Å². The van der Waals surface area contributed by atoms with Crippen LogP contribution >= 0.6 is 0 Å². The number of rotatable bonds is 4. The van der Waals surface area contributed by atoms with Gasteiger partial charge in [0.1, 0.15) is 0 Å². The monoisotopic (exact) mass is 312 g/mol. The van der Waals surface area contributed by atoms with E-state index in [1.807, 2.05) is 6.92 Å². The van der Waals surface area contributed by atoms with Crippen molar-refractivity contribution in [2.24, 2.45) is 5.92 Å². The van der Waals surface area contributed by atoms with Gasteiger partial charge in [-0.3, -0.25) is 0 Å². The maximum atomic E-state index is 12.9. The van der Waals surface area contributed by atoms with Crippen molar-refractivity contribution in [2.75, 3.05) is 25.9 Å². The minimum Gasteiger partial charge on any atom is -0.399 e. The number of nitrogens with zero attached hydrogens (tertiary/aromatic N) is 1. The van der Waals surface area contributed by atoms with Gasteiger partial charge in [0.15, 0.2) is 0 Å². The highest BCUT2D eigenvalue weighted by Crippen LogP contribution is 2.28. The third-order valence-corrected chi connectivity index (χ3v) is 6.19. The van der Waals surface area contributed by atoms with E-state index in [1.54, 1.807) is 25.3 Å². The normalized spacial score (nSPS) is 24.1. The predicted molar refractivity (Wildman–Crippen MR) is 83.6 cm³/mol. The lowest BCUT2D eigenvalue weighted by atomic mass is 9.97. The molecular weight excluding hydrogens is 288 g/mol. The molecule has 2 atom stereocenters. The molecule has 1 aliphatic heterocycles. The van der Waals surface area contributed by atoms with E-state index >= 15 is 0 Å². The molecule has 2 rings (SSSR count). The van der Waals surface area contributed by atoms with Crippen molar-refractivity contribution in [1.29, 1.82) is 0 Å². The van der Waals surface area contributed by atoms with Crippen LogP contribution in [0.15, 0.2) is 23.1 Å². The van der Waals surface area contributed by atoms with Gasteiger partial charge in [0.25, 0.3) is 0 Å². The average Bonchev–Trinajstić information content (AvgIpc) is 2.47. The van der Waals surface area contributed by atoms with Crippen LogP contribution in [-0.4, -0.2) is 39.0 Å². The Bertz CT molecular complexity index is 601. The van der Waals surface area contributed by atoms with Crippen LogP contribution in [0.25, 0.3) is 0 Å². The number of hydrogen-bond acceptors (Lipinski definition) is 4. The Labute approximate surface area is 127 Å². The number of piperidine rings is 1. The van der Waals surface area contributed by atoms with Crippen LogP contribution in [0.3, 0.4) is 0 Å². The van der Waals surface area contributed by atoms with E-state index in [0.717, 1.165) is 12.0 Å². The minimum atomic E-state index is -3.52. The van der Waals surface area contributed by atoms with Gasteiger partial charge in [-0.25, -0.2) is 8.42 Å². The van der Waals surface area contributed by atoms with Gasteiger partial charge in [-0.1, -0.05) is 19.9 Å². The Hall–Kier alpha value is -1.11. The maximum absolute atomic E-state index is 12.9. The number of hydrogen-bond donors (Lipinski definition) is 1. The van der Waals surface area contributed by atoms with Crippen molar-refractivity contribution >= 4 is 15.7 Å². The number of benzene rings is 1. The van der Waals surface area contributed by atoms with Gasteiger partial charge < -0.3 is 10.5 Å². The summed E-state index contributed by atoms with van der Waals surface area (Å²) in [6, 6.07) is 5.10. The molecule has 1 aliphatic rings. The molecule has 0 bridgehead atoms. The first-order valence-electron chi connectivity index (χ1n) is 7.31. The fourth-order valence-electron chi connectivity index (χ4n) is 2.77. The Kier molecular flexibility index (Phi) is 4.91. The van der Waals surface area contributed by atoms with E-state index in [-0.39, 0.29) is 6.10 Å². The summed E-state index contributed by atoms with van der Waals surface area (Å²) in [4.78, 5) is 0.328. The van der Waals surface area contributed by atoms with E-state index in [1.165, 1.54) is 4.31 Å². The highest BCUT2D eigenvalue weighted by atomic mass is 32.2. The largest absolute Gasteiger partial charge is 0.399 e. The molecule has 0 aliphatic carbocycles. The Morgan fingerprint density at radius 2 is 2.14 bits per heavy atom. The predicted octanol–water partition coefficient (Wildman–Crippen LogP) is 1.88. The quantitative estimate of drug-likeness (QED) is 0.862. The van der Waals surface area contributed by atoms with E-state index in [9.17, 15) is 8.42 Å². The lowest BCUT2D eigenvalue weighted by Crippen LogP contribution is -2.46. The second kappa shape index (κ2) is 6.34. The van der Waals surface area contributed by atoms with Gasteiger partial charge in [0.05, 0.1) is 11.0 Å². The first-order chi connectivity index (χ1) is 9.90. The number of nitrogen functional groups attached to an aromatic ring is 1. The molecule has 118 valence electrons. The second-order valence-corrected chi connectivity index (χ2v) is 7.53. The van der Waals surface area contributed by atoms with Crippen molar-refractivity contribution in [1.82, 2.24) is 4.31 Å². The summed E-state index contributed by atoms with van der Waals surface area (Å²) in [5, 5.41) is 0. The van der Waals surface area contributed by atoms with Crippen molar-refractivity contribution < 1.29 is 13.2 Å². The molecule has 2 unspecified atom stereocenters. The molecule has 1 fully saturated rings. The van der Waals surface area contributed by atoms with E-state index in [2.05, 4.69) is 6.92 Å². The van der Waals surface area contributed by atoms with Gasteiger partial charge in [-0.15, -0.1) is 0 Å². The highest BCUT2D eigenvalue weighted by molar-refractivity contribution is 7.89. The van der Waals surface area contributed by atoms with Gasteiger partial charge in [-0.2, -0.15) is 4.31 Å². The summed E-state index contributed by atoms with van der Waals surface area (Å²) < 4.78 is 32.7. The summed E-state index contributed by atoms with van der Waals surface area (Å²) in [6.45, 7) is 4.97. The van der Waals surface area contributed by atoms with Crippen LogP contribution in [-0.2, 0) is 21.2 Å². The lowest BCUT2D eigenvalue weighted by molar-refractivity contribution is 0.0183. The van der Waals surface area contributed by atoms with Crippen molar-refractivity contribution in [2.45, 2.75) is 37.7 Å². The van der Waals surface area contributed by atoms with E-state index < -0.39 is 10.0 Å². The summed E-state index contributed by atoms with van der Waals surface area (Å²) >= 11 is 0. The first kappa shape index (κ1) is 16.3. The molecule has 2 N–H and O–H groups in total. The van der Waals surface area contributed by atoms with Crippen molar-refractivity contribution in [3.05, 3.63) is 23.8 Å². The lowest BCUT2D eigenvalue weighted by Gasteiger charge is -2.35. The Balaban J connectivity index is 2.36. The Morgan fingerprint density at radius 3 is 2.76 bits per heavy atom. The fourth-order valence-corrected chi connectivity index (χ4v) is 4.57. The first-order valence-corrected chi connectivity index (χ1v) is 8.75. The molecule has 0 radical (unpaired) electrons. The summed E-state index contributed by atoms with van der Waals surface area (Å²) in [5.74, 6) is 0.368. The van der Waals surface area contributed by atoms with Crippen molar-refractivity contribution in [3.8, 4) is 0 Å². The zero-order chi connectivity index (χ0) is 15.6. The standard InChI is InChI=1S/C15H24N2O3S/c1-4-12-5-6-13(16)9-15(12)21(18,19)17-8-7-11(2)14(10-17)20-3/h5-6,9,11,14H,4,7-8,10,16H2,1-3H3. The van der Waals surface area contributed by atoms with Crippen molar-refractivity contribution in [3.63, 3.8) is 0 Å². The number of ether oxygens (including phenoxy) is 1. The summed E-state index contributed by atoms with van der Waals surface area (Å²) in [7, 11) is -1.89. The number of nitrogens with two attached hydrogens (primary N) is 1. The Morgan fingerprint density at radius 1 is 1.43 bits per heavy atom. The van der Waals surface area contributed by atoms with Gasteiger partial charge in [-0.05, 0) is 36.5 Å². The van der Waals surface area contributed by atoms with Crippen LogP contribution in [0.1, 0.15) is 25.8 Å². The van der Waals surface area contributed by atoms with E-state index in [0.29, 0.717) is 36.0 Å². The smallest absolute Gasteiger partial charge is 0.243 e. The number of methoxy groups -OCH3 is 1.